The van der Waals surface area contributed by atoms with Crippen molar-refractivity contribution in [2.45, 2.75) is 31.7 Å². The van der Waals surface area contributed by atoms with E-state index in [2.05, 4.69) is 10.3 Å². The van der Waals surface area contributed by atoms with Crippen LogP contribution in [0.15, 0.2) is 24.5 Å². The number of rotatable bonds is 4. The number of nitrogens with zero attached hydrogens (tertiary/aromatic N) is 1. The number of carbonyl (C=O) groups excluding carboxylic acids is 1. The SMILES string of the molecule is O=C(Cc1ccncc1)NC1CCCC1C(=O)O. The zero-order valence-corrected chi connectivity index (χ0v) is 10.0. The van der Waals surface area contributed by atoms with Crippen LogP contribution < -0.4 is 5.32 Å². The van der Waals surface area contributed by atoms with Gasteiger partial charge in [-0.15, -0.1) is 0 Å². The van der Waals surface area contributed by atoms with E-state index < -0.39 is 11.9 Å². The molecule has 0 aliphatic heterocycles. The second-order valence-corrected chi connectivity index (χ2v) is 4.58. The van der Waals surface area contributed by atoms with Crippen molar-refractivity contribution in [2.75, 3.05) is 0 Å². The molecule has 0 radical (unpaired) electrons. The predicted octanol–water partition coefficient (Wildman–Crippen LogP) is 0.994. The number of aliphatic carboxylic acids is 1. The van der Waals surface area contributed by atoms with Gasteiger partial charge in [-0.25, -0.2) is 0 Å². The highest BCUT2D eigenvalue weighted by Gasteiger charge is 2.33. The van der Waals surface area contributed by atoms with E-state index in [1.54, 1.807) is 24.5 Å². The molecule has 1 fully saturated rings. The molecule has 1 aromatic heterocycles. The van der Waals surface area contributed by atoms with Crippen LogP contribution in [0.4, 0.5) is 0 Å². The first kappa shape index (κ1) is 12.5. The Morgan fingerprint density at radius 3 is 2.72 bits per heavy atom. The first-order valence-electron chi connectivity index (χ1n) is 6.08. The lowest BCUT2D eigenvalue weighted by Crippen LogP contribution is -2.40. The maximum absolute atomic E-state index is 11.8. The van der Waals surface area contributed by atoms with Crippen LogP contribution in [-0.2, 0) is 16.0 Å². The Morgan fingerprint density at radius 2 is 2.06 bits per heavy atom. The van der Waals surface area contributed by atoms with Gasteiger partial charge in [0.2, 0.25) is 5.91 Å². The maximum Gasteiger partial charge on any atom is 0.308 e. The molecule has 18 heavy (non-hydrogen) atoms. The fourth-order valence-electron chi connectivity index (χ4n) is 2.37. The second-order valence-electron chi connectivity index (χ2n) is 4.58. The fraction of sp³-hybridized carbons (Fsp3) is 0.462. The number of carboxylic acid groups (broad SMARTS) is 1. The third-order valence-electron chi connectivity index (χ3n) is 3.29. The van der Waals surface area contributed by atoms with Gasteiger partial charge in [-0.1, -0.05) is 6.42 Å². The molecule has 0 bridgehead atoms. The van der Waals surface area contributed by atoms with E-state index in [1.165, 1.54) is 0 Å². The van der Waals surface area contributed by atoms with E-state index in [0.717, 1.165) is 18.4 Å². The molecule has 1 aromatic rings. The summed E-state index contributed by atoms with van der Waals surface area (Å²) in [5.41, 5.74) is 0.882. The van der Waals surface area contributed by atoms with Gasteiger partial charge < -0.3 is 10.4 Å². The highest BCUT2D eigenvalue weighted by Crippen LogP contribution is 2.25. The molecule has 5 heteroatoms. The summed E-state index contributed by atoms with van der Waals surface area (Å²) in [6.07, 6.45) is 5.80. The molecule has 1 saturated carbocycles. The monoisotopic (exact) mass is 248 g/mol. The van der Waals surface area contributed by atoms with Gasteiger partial charge in [0.1, 0.15) is 0 Å². The standard InChI is InChI=1S/C13H16N2O3/c16-12(8-9-4-6-14-7-5-9)15-11-3-1-2-10(11)13(17)18/h4-7,10-11H,1-3,8H2,(H,15,16)(H,17,18). The van der Waals surface area contributed by atoms with E-state index in [4.69, 9.17) is 5.11 Å². The third-order valence-corrected chi connectivity index (χ3v) is 3.29. The van der Waals surface area contributed by atoms with E-state index >= 15 is 0 Å². The first-order chi connectivity index (χ1) is 8.66. The molecule has 1 amide bonds. The lowest BCUT2D eigenvalue weighted by atomic mass is 10.0. The van der Waals surface area contributed by atoms with Crippen molar-refractivity contribution in [3.63, 3.8) is 0 Å². The highest BCUT2D eigenvalue weighted by atomic mass is 16.4. The van der Waals surface area contributed by atoms with Crippen molar-refractivity contribution in [3.8, 4) is 0 Å². The van der Waals surface area contributed by atoms with Gasteiger partial charge in [0.05, 0.1) is 12.3 Å². The van der Waals surface area contributed by atoms with Gasteiger partial charge in [-0.05, 0) is 30.5 Å². The van der Waals surface area contributed by atoms with Crippen LogP contribution in [0.1, 0.15) is 24.8 Å². The normalized spacial score (nSPS) is 22.7. The van der Waals surface area contributed by atoms with Crippen molar-refractivity contribution < 1.29 is 14.7 Å². The van der Waals surface area contributed by atoms with E-state index in [0.29, 0.717) is 6.42 Å². The summed E-state index contributed by atoms with van der Waals surface area (Å²) in [5, 5.41) is 11.8. The van der Waals surface area contributed by atoms with Crippen LogP contribution in [0.2, 0.25) is 0 Å². The van der Waals surface area contributed by atoms with Gasteiger partial charge in [0, 0.05) is 18.4 Å². The lowest BCUT2D eigenvalue weighted by molar-refractivity contribution is -0.142. The fourth-order valence-corrected chi connectivity index (χ4v) is 2.37. The molecule has 1 aliphatic rings. The topological polar surface area (TPSA) is 79.3 Å². The minimum absolute atomic E-state index is 0.126. The molecule has 5 nitrogen and oxygen atoms in total. The summed E-state index contributed by atoms with van der Waals surface area (Å²) < 4.78 is 0. The molecule has 0 spiro atoms. The molecule has 1 heterocycles. The Hall–Kier alpha value is -1.91. The van der Waals surface area contributed by atoms with Crippen molar-refractivity contribution in [1.29, 1.82) is 0 Å². The third kappa shape index (κ3) is 3.06. The van der Waals surface area contributed by atoms with Gasteiger partial charge in [0.25, 0.3) is 0 Å². The van der Waals surface area contributed by atoms with Crippen LogP contribution in [0.3, 0.4) is 0 Å². The molecule has 2 atom stereocenters. The van der Waals surface area contributed by atoms with E-state index in [9.17, 15) is 9.59 Å². The van der Waals surface area contributed by atoms with Gasteiger partial charge >= 0.3 is 5.97 Å². The number of aromatic nitrogens is 1. The van der Waals surface area contributed by atoms with E-state index in [1.807, 2.05) is 0 Å². The van der Waals surface area contributed by atoms with Gasteiger partial charge in [-0.2, -0.15) is 0 Å². The summed E-state index contributed by atoms with van der Waals surface area (Å²) in [7, 11) is 0. The molecule has 2 rings (SSSR count). The first-order valence-corrected chi connectivity index (χ1v) is 6.08. The molecular weight excluding hydrogens is 232 g/mol. The van der Waals surface area contributed by atoms with Crippen LogP contribution in [0.5, 0.6) is 0 Å². The molecule has 2 N–H and O–H groups in total. The summed E-state index contributed by atoms with van der Waals surface area (Å²) in [4.78, 5) is 26.7. The largest absolute Gasteiger partial charge is 0.481 e. The molecule has 2 unspecified atom stereocenters. The summed E-state index contributed by atoms with van der Waals surface area (Å²) >= 11 is 0. The maximum atomic E-state index is 11.8. The smallest absolute Gasteiger partial charge is 0.308 e. The molecule has 0 aromatic carbocycles. The second kappa shape index (κ2) is 5.62. The molecule has 96 valence electrons. The minimum Gasteiger partial charge on any atom is -0.481 e. The van der Waals surface area contributed by atoms with Crippen molar-refractivity contribution in [1.82, 2.24) is 10.3 Å². The average molecular weight is 248 g/mol. The van der Waals surface area contributed by atoms with Crippen LogP contribution in [0.25, 0.3) is 0 Å². The highest BCUT2D eigenvalue weighted by molar-refractivity contribution is 5.80. The number of amides is 1. The Balaban J connectivity index is 1.90. The van der Waals surface area contributed by atoms with Gasteiger partial charge in [-0.3, -0.25) is 14.6 Å². The summed E-state index contributed by atoms with van der Waals surface area (Å²) in [6, 6.07) is 3.34. The minimum atomic E-state index is -0.818. The zero-order chi connectivity index (χ0) is 13.0. The zero-order valence-electron chi connectivity index (χ0n) is 10.0. The Bertz CT molecular complexity index is 433. The van der Waals surface area contributed by atoms with Crippen LogP contribution in [0, 0.1) is 5.92 Å². The number of pyridine rings is 1. The molecule has 0 saturated heterocycles. The average Bonchev–Trinajstić information content (AvgIpc) is 2.78. The van der Waals surface area contributed by atoms with Crippen LogP contribution in [-0.4, -0.2) is 28.0 Å². The predicted molar refractivity (Wildman–Crippen MR) is 64.8 cm³/mol. The van der Waals surface area contributed by atoms with Crippen LogP contribution >= 0.6 is 0 Å². The van der Waals surface area contributed by atoms with Crippen molar-refractivity contribution >= 4 is 11.9 Å². The number of carbonyl (C=O) groups is 2. The lowest BCUT2D eigenvalue weighted by Gasteiger charge is -2.17. The Labute approximate surface area is 105 Å². The van der Waals surface area contributed by atoms with Crippen molar-refractivity contribution in [3.05, 3.63) is 30.1 Å². The van der Waals surface area contributed by atoms with E-state index in [-0.39, 0.29) is 18.4 Å². The number of hydrogen-bond acceptors (Lipinski definition) is 3. The van der Waals surface area contributed by atoms with Gasteiger partial charge in [0.15, 0.2) is 0 Å². The molecular formula is C13H16N2O3. The van der Waals surface area contributed by atoms with Crippen molar-refractivity contribution in [2.24, 2.45) is 5.92 Å². The Morgan fingerprint density at radius 1 is 1.33 bits per heavy atom. The summed E-state index contributed by atoms with van der Waals surface area (Å²) in [5.74, 6) is -1.38. The quantitative estimate of drug-likeness (QED) is 0.833. The Kier molecular flexibility index (Phi) is 3.92. The number of nitrogens with one attached hydrogen (secondary N) is 1. The number of carboxylic acids is 1. The summed E-state index contributed by atoms with van der Waals surface area (Å²) in [6.45, 7) is 0. The number of hydrogen-bond donors (Lipinski definition) is 2. The molecule has 1 aliphatic carbocycles.